The van der Waals surface area contributed by atoms with Gasteiger partial charge in [-0.25, -0.2) is 9.59 Å². The Bertz CT molecular complexity index is 646. The van der Waals surface area contributed by atoms with Gasteiger partial charge in [0.2, 0.25) is 0 Å². The van der Waals surface area contributed by atoms with Crippen LogP contribution in [0.4, 0.5) is 0 Å². The van der Waals surface area contributed by atoms with Gasteiger partial charge in [0.25, 0.3) is 5.78 Å². The van der Waals surface area contributed by atoms with Gasteiger partial charge in [0, 0.05) is 0 Å². The zero-order valence-corrected chi connectivity index (χ0v) is 11.3. The summed E-state index contributed by atoms with van der Waals surface area (Å²) in [5, 5.41) is -0.174. The highest BCUT2D eigenvalue weighted by molar-refractivity contribution is 6.62. The predicted molar refractivity (Wildman–Crippen MR) is 68.4 cm³/mol. The van der Waals surface area contributed by atoms with Gasteiger partial charge in [0.1, 0.15) is 5.57 Å². The van der Waals surface area contributed by atoms with Crippen LogP contribution in [-0.2, 0) is 19.1 Å². The van der Waals surface area contributed by atoms with E-state index in [2.05, 4.69) is 4.74 Å². The Kier molecular flexibility index (Phi) is 3.76. The number of benzene rings is 1. The molecule has 0 saturated carbocycles. The molecular weight excluding hydrogens is 288 g/mol. The van der Waals surface area contributed by atoms with E-state index < -0.39 is 23.3 Å². The molecule has 0 spiro atoms. The summed E-state index contributed by atoms with van der Waals surface area (Å²) in [5.41, 5.74) is -0.150. The van der Waals surface area contributed by atoms with Crippen molar-refractivity contribution in [1.82, 2.24) is 0 Å². The van der Waals surface area contributed by atoms with E-state index in [0.29, 0.717) is 17.1 Å². The average Bonchev–Trinajstić information content (AvgIpc) is 2.70. The molecule has 1 saturated heterocycles. The first-order valence-electron chi connectivity index (χ1n) is 5.42. The summed E-state index contributed by atoms with van der Waals surface area (Å²) in [7, 11) is 2.90. The molecule has 2 rings (SSSR count). The quantitative estimate of drug-likeness (QED) is 0.275. The molecule has 1 fully saturated rings. The number of Topliss-reactive ketones (excluding diaryl/α,β-unsaturated/α-hetero) is 1. The maximum absolute atomic E-state index is 11.5. The van der Waals surface area contributed by atoms with E-state index in [9.17, 15) is 14.4 Å². The molecule has 104 valence electrons. The van der Waals surface area contributed by atoms with Crippen molar-refractivity contribution in [2.75, 3.05) is 14.2 Å². The summed E-state index contributed by atoms with van der Waals surface area (Å²) in [6.07, 6.45) is 0. The highest BCUT2D eigenvalue weighted by Crippen LogP contribution is 2.34. The fourth-order valence-corrected chi connectivity index (χ4v) is 1.96. The monoisotopic (exact) mass is 296 g/mol. The highest BCUT2D eigenvalue weighted by Gasteiger charge is 2.40. The first kappa shape index (κ1) is 14.1. The van der Waals surface area contributed by atoms with Crippen LogP contribution in [0.25, 0.3) is 5.03 Å². The number of ketones is 1. The molecule has 1 aliphatic rings. The maximum atomic E-state index is 11.5. The third-order valence-corrected chi connectivity index (χ3v) is 3.07. The van der Waals surface area contributed by atoms with Crippen LogP contribution in [0.1, 0.15) is 5.56 Å². The number of methoxy groups -OCH3 is 2. The maximum Gasteiger partial charge on any atom is 0.387 e. The van der Waals surface area contributed by atoms with E-state index in [0.717, 1.165) is 0 Å². The lowest BCUT2D eigenvalue weighted by Gasteiger charge is -2.09. The summed E-state index contributed by atoms with van der Waals surface area (Å²) in [4.78, 5) is 34.0. The Balaban J connectivity index is 2.53. The van der Waals surface area contributed by atoms with Gasteiger partial charge in [0.15, 0.2) is 11.5 Å². The third kappa shape index (κ3) is 2.25. The van der Waals surface area contributed by atoms with Crippen LogP contribution in [0.2, 0.25) is 0 Å². The molecule has 0 N–H and O–H groups in total. The Morgan fingerprint density at radius 3 is 2.20 bits per heavy atom. The number of carbonyl (C=O) groups excluding carboxylic acids is 3. The molecule has 1 aliphatic heterocycles. The fraction of sp³-hybridized carbons (Fsp3) is 0.154. The standard InChI is InChI=1S/C13H9ClO6/c1-18-7-4-3-6(5-8(7)19-2)10(14)9-11(15)13(17)20-12(9)16/h3-5H,1-2H3. The van der Waals surface area contributed by atoms with E-state index in [-0.39, 0.29) is 5.03 Å². The summed E-state index contributed by atoms with van der Waals surface area (Å²) < 4.78 is 14.4. The van der Waals surface area contributed by atoms with Gasteiger partial charge in [-0.15, -0.1) is 0 Å². The second-order valence-corrected chi connectivity index (χ2v) is 4.14. The fourth-order valence-electron chi connectivity index (χ4n) is 1.68. The Morgan fingerprint density at radius 2 is 1.70 bits per heavy atom. The normalized spacial score (nSPS) is 17.1. The first-order chi connectivity index (χ1) is 9.49. The molecule has 1 aromatic rings. The minimum Gasteiger partial charge on any atom is -0.493 e. The lowest BCUT2D eigenvalue weighted by Crippen LogP contribution is -2.07. The Morgan fingerprint density at radius 1 is 1.05 bits per heavy atom. The van der Waals surface area contributed by atoms with Gasteiger partial charge < -0.3 is 14.2 Å². The molecule has 0 aromatic heterocycles. The van der Waals surface area contributed by atoms with Gasteiger partial charge in [-0.1, -0.05) is 11.6 Å². The van der Waals surface area contributed by atoms with Crippen molar-refractivity contribution in [3.05, 3.63) is 29.3 Å². The summed E-state index contributed by atoms with van der Waals surface area (Å²) >= 11 is 6.00. The van der Waals surface area contributed by atoms with Crippen LogP contribution in [0.5, 0.6) is 11.5 Å². The van der Waals surface area contributed by atoms with Crippen molar-refractivity contribution >= 4 is 34.4 Å². The van der Waals surface area contributed by atoms with Crippen molar-refractivity contribution in [2.45, 2.75) is 0 Å². The SMILES string of the molecule is COc1ccc(C(Cl)=C2C(=O)OC(=O)C2=O)cc1OC. The van der Waals surface area contributed by atoms with Gasteiger partial charge >= 0.3 is 11.9 Å². The van der Waals surface area contributed by atoms with E-state index in [1.807, 2.05) is 0 Å². The summed E-state index contributed by atoms with van der Waals surface area (Å²) in [5.74, 6) is -2.52. The second kappa shape index (κ2) is 5.34. The van der Waals surface area contributed by atoms with Crippen molar-refractivity contribution in [3.8, 4) is 11.5 Å². The average molecular weight is 297 g/mol. The van der Waals surface area contributed by atoms with Gasteiger partial charge in [-0.3, -0.25) is 4.79 Å². The molecule has 0 aliphatic carbocycles. The lowest BCUT2D eigenvalue weighted by molar-refractivity contribution is -0.154. The number of carbonyl (C=O) groups is 3. The topological polar surface area (TPSA) is 78.9 Å². The highest BCUT2D eigenvalue weighted by atomic mass is 35.5. The van der Waals surface area contributed by atoms with Crippen LogP contribution in [0.15, 0.2) is 23.8 Å². The molecule has 1 aromatic carbocycles. The molecule has 0 atom stereocenters. The van der Waals surface area contributed by atoms with Crippen LogP contribution in [-0.4, -0.2) is 31.9 Å². The summed E-state index contributed by atoms with van der Waals surface area (Å²) in [6, 6.07) is 4.57. The minimum atomic E-state index is -1.23. The predicted octanol–water partition coefficient (Wildman–Crippen LogP) is 1.31. The number of hydrogen-bond donors (Lipinski definition) is 0. The number of ether oxygens (including phenoxy) is 3. The molecule has 6 nitrogen and oxygen atoms in total. The van der Waals surface area contributed by atoms with Crippen molar-refractivity contribution in [3.63, 3.8) is 0 Å². The molecular formula is C13H9ClO6. The molecule has 20 heavy (non-hydrogen) atoms. The smallest absolute Gasteiger partial charge is 0.387 e. The van der Waals surface area contributed by atoms with E-state index in [1.54, 1.807) is 6.07 Å². The van der Waals surface area contributed by atoms with Crippen molar-refractivity contribution < 1.29 is 28.6 Å². The molecule has 1 heterocycles. The first-order valence-corrected chi connectivity index (χ1v) is 5.80. The number of esters is 2. The van der Waals surface area contributed by atoms with Crippen LogP contribution < -0.4 is 9.47 Å². The molecule has 0 radical (unpaired) electrons. The number of halogens is 1. The minimum absolute atomic E-state index is 0.174. The van der Waals surface area contributed by atoms with Gasteiger partial charge in [0.05, 0.1) is 19.3 Å². The Labute approximate surface area is 118 Å². The van der Waals surface area contributed by atoms with Gasteiger partial charge in [-0.05, 0) is 23.8 Å². The molecule has 0 bridgehead atoms. The van der Waals surface area contributed by atoms with E-state index >= 15 is 0 Å². The van der Waals surface area contributed by atoms with Crippen LogP contribution in [0, 0.1) is 0 Å². The van der Waals surface area contributed by atoms with Crippen LogP contribution in [0.3, 0.4) is 0 Å². The van der Waals surface area contributed by atoms with Gasteiger partial charge in [-0.2, -0.15) is 0 Å². The van der Waals surface area contributed by atoms with Crippen molar-refractivity contribution in [2.24, 2.45) is 0 Å². The molecule has 0 amide bonds. The number of rotatable bonds is 3. The Hall–Kier alpha value is -2.34. The molecule has 0 unspecified atom stereocenters. The third-order valence-electron chi connectivity index (χ3n) is 2.66. The van der Waals surface area contributed by atoms with Crippen molar-refractivity contribution in [1.29, 1.82) is 0 Å². The number of hydrogen-bond acceptors (Lipinski definition) is 6. The zero-order chi connectivity index (χ0) is 14.9. The number of cyclic esters (lactones) is 2. The summed E-state index contributed by atoms with van der Waals surface area (Å²) in [6.45, 7) is 0. The van der Waals surface area contributed by atoms with E-state index in [1.165, 1.54) is 26.4 Å². The largest absolute Gasteiger partial charge is 0.493 e. The van der Waals surface area contributed by atoms with Crippen LogP contribution >= 0.6 is 11.6 Å². The second-order valence-electron chi connectivity index (χ2n) is 3.76. The lowest BCUT2D eigenvalue weighted by atomic mass is 10.1. The van der Waals surface area contributed by atoms with E-state index in [4.69, 9.17) is 21.1 Å². The molecule has 7 heteroatoms. The zero-order valence-electron chi connectivity index (χ0n) is 10.6.